The molecule has 0 heterocycles. The summed E-state index contributed by atoms with van der Waals surface area (Å²) in [4.78, 5) is 0. The molecule has 15 heavy (non-hydrogen) atoms. The third-order valence-electron chi connectivity index (χ3n) is 2.77. The van der Waals surface area contributed by atoms with E-state index in [1.54, 1.807) is 0 Å². The zero-order chi connectivity index (χ0) is 11.7. The lowest BCUT2D eigenvalue weighted by Gasteiger charge is -2.32. The first-order chi connectivity index (χ1) is 6.76. The second-order valence-corrected chi connectivity index (χ2v) is 3.91. The van der Waals surface area contributed by atoms with Gasteiger partial charge in [0.05, 0.1) is 0 Å². The van der Waals surface area contributed by atoms with Crippen molar-refractivity contribution in [2.45, 2.75) is 50.4 Å². The van der Waals surface area contributed by atoms with Gasteiger partial charge in [0.25, 0.3) is 12.1 Å². The van der Waals surface area contributed by atoms with Crippen LogP contribution < -0.4 is 0 Å². The first-order valence-corrected chi connectivity index (χ1v) is 4.85. The van der Waals surface area contributed by atoms with Crippen molar-refractivity contribution in [3.05, 3.63) is 0 Å². The van der Waals surface area contributed by atoms with E-state index in [2.05, 4.69) is 0 Å². The maximum atomic E-state index is 13.1. The smallest absolute Gasteiger partial charge is 0.231 e. The molecule has 0 spiro atoms. The van der Waals surface area contributed by atoms with Gasteiger partial charge >= 0.3 is 6.18 Å². The number of alkyl halides is 6. The molecule has 0 saturated heterocycles. The van der Waals surface area contributed by atoms with Crippen LogP contribution in [-0.2, 0) is 0 Å². The topological polar surface area (TPSA) is 0 Å². The molecule has 0 nitrogen and oxygen atoms in total. The van der Waals surface area contributed by atoms with Gasteiger partial charge in [0, 0.05) is 5.92 Å². The Kier molecular flexibility index (Phi) is 3.55. The molecule has 6 heteroatoms. The van der Waals surface area contributed by atoms with Crippen LogP contribution in [0.25, 0.3) is 0 Å². The monoisotopic (exact) mass is 234 g/mol. The summed E-state index contributed by atoms with van der Waals surface area (Å²) in [5.41, 5.74) is 0. The fourth-order valence-corrected chi connectivity index (χ4v) is 1.91. The SMILES string of the molecule is FC(C(F)(F)F)C(F)(F)C1CCCCC1. The highest BCUT2D eigenvalue weighted by Crippen LogP contribution is 2.44. The molecule has 1 rings (SSSR count). The van der Waals surface area contributed by atoms with Gasteiger partial charge in [0.2, 0.25) is 0 Å². The van der Waals surface area contributed by atoms with Crippen molar-refractivity contribution in [2.75, 3.05) is 0 Å². The van der Waals surface area contributed by atoms with Gasteiger partial charge in [-0.15, -0.1) is 0 Å². The molecular formula is C9H12F6. The van der Waals surface area contributed by atoms with E-state index in [4.69, 9.17) is 0 Å². The highest BCUT2D eigenvalue weighted by atomic mass is 19.4. The highest BCUT2D eigenvalue weighted by molar-refractivity contribution is 4.90. The zero-order valence-electron chi connectivity index (χ0n) is 7.96. The van der Waals surface area contributed by atoms with E-state index in [9.17, 15) is 26.3 Å². The van der Waals surface area contributed by atoms with Gasteiger partial charge in [0.15, 0.2) is 0 Å². The lowest BCUT2D eigenvalue weighted by atomic mass is 9.83. The van der Waals surface area contributed by atoms with E-state index in [-0.39, 0.29) is 12.8 Å². The maximum Gasteiger partial charge on any atom is 0.425 e. The van der Waals surface area contributed by atoms with Gasteiger partial charge in [-0.25, -0.2) is 13.2 Å². The summed E-state index contributed by atoms with van der Waals surface area (Å²) in [6.45, 7) is 0. The second-order valence-electron chi connectivity index (χ2n) is 3.91. The van der Waals surface area contributed by atoms with Crippen LogP contribution in [0.15, 0.2) is 0 Å². The predicted octanol–water partition coefficient (Wildman–Crippen LogP) is 4.10. The van der Waals surface area contributed by atoms with Crippen LogP contribution >= 0.6 is 0 Å². The minimum atomic E-state index is -5.47. The quantitative estimate of drug-likeness (QED) is 0.631. The van der Waals surface area contributed by atoms with E-state index < -0.39 is 24.2 Å². The van der Waals surface area contributed by atoms with Crippen molar-refractivity contribution in [2.24, 2.45) is 5.92 Å². The van der Waals surface area contributed by atoms with Crippen LogP contribution in [-0.4, -0.2) is 18.3 Å². The molecule has 0 aromatic heterocycles. The van der Waals surface area contributed by atoms with Crippen LogP contribution in [0.5, 0.6) is 0 Å². The van der Waals surface area contributed by atoms with Crippen LogP contribution in [0, 0.1) is 5.92 Å². The van der Waals surface area contributed by atoms with Crippen molar-refractivity contribution in [1.82, 2.24) is 0 Å². The van der Waals surface area contributed by atoms with E-state index in [1.165, 1.54) is 0 Å². The van der Waals surface area contributed by atoms with Gasteiger partial charge in [-0.05, 0) is 12.8 Å². The summed E-state index contributed by atoms with van der Waals surface area (Å²) in [5, 5.41) is 0. The van der Waals surface area contributed by atoms with E-state index in [0.717, 1.165) is 6.42 Å². The predicted molar refractivity (Wildman–Crippen MR) is 42.5 cm³/mol. The van der Waals surface area contributed by atoms with Crippen molar-refractivity contribution in [1.29, 1.82) is 0 Å². The molecule has 1 saturated carbocycles. The number of rotatable bonds is 2. The van der Waals surface area contributed by atoms with Gasteiger partial charge in [-0.2, -0.15) is 13.2 Å². The fraction of sp³-hybridized carbons (Fsp3) is 1.00. The van der Waals surface area contributed by atoms with Crippen molar-refractivity contribution in [3.63, 3.8) is 0 Å². The number of hydrogen-bond donors (Lipinski definition) is 0. The molecule has 1 unspecified atom stereocenters. The van der Waals surface area contributed by atoms with Gasteiger partial charge in [-0.1, -0.05) is 19.3 Å². The molecule has 1 fully saturated rings. The Morgan fingerprint density at radius 2 is 1.33 bits per heavy atom. The molecule has 0 aromatic rings. The molecule has 0 aromatic carbocycles. The minimum absolute atomic E-state index is 0.0243. The van der Waals surface area contributed by atoms with Crippen molar-refractivity contribution >= 4 is 0 Å². The lowest BCUT2D eigenvalue weighted by Crippen LogP contribution is -2.47. The average Bonchev–Trinajstić information content (AvgIpc) is 2.16. The molecule has 1 aliphatic carbocycles. The first kappa shape index (κ1) is 12.6. The van der Waals surface area contributed by atoms with Crippen LogP contribution in [0.2, 0.25) is 0 Å². The van der Waals surface area contributed by atoms with Crippen LogP contribution in [0.3, 0.4) is 0 Å². The Balaban J connectivity index is 2.71. The van der Waals surface area contributed by atoms with Crippen LogP contribution in [0.4, 0.5) is 26.3 Å². The Bertz CT molecular complexity index is 203. The summed E-state index contributed by atoms with van der Waals surface area (Å²) < 4.78 is 74.3. The van der Waals surface area contributed by atoms with Gasteiger partial charge < -0.3 is 0 Å². The molecule has 0 radical (unpaired) electrons. The highest BCUT2D eigenvalue weighted by Gasteiger charge is 2.59. The molecule has 1 aliphatic rings. The Labute approximate surface area is 83.6 Å². The largest absolute Gasteiger partial charge is 0.425 e. The minimum Gasteiger partial charge on any atom is -0.231 e. The first-order valence-electron chi connectivity index (χ1n) is 4.85. The Morgan fingerprint density at radius 1 is 0.867 bits per heavy atom. The third kappa shape index (κ3) is 2.78. The van der Waals surface area contributed by atoms with Crippen molar-refractivity contribution < 1.29 is 26.3 Å². The fourth-order valence-electron chi connectivity index (χ4n) is 1.91. The van der Waals surface area contributed by atoms with E-state index in [1.807, 2.05) is 0 Å². The molecule has 90 valence electrons. The summed E-state index contributed by atoms with van der Waals surface area (Å²) >= 11 is 0. The number of halogens is 6. The lowest BCUT2D eigenvalue weighted by molar-refractivity contribution is -0.260. The molecular weight excluding hydrogens is 222 g/mol. The maximum absolute atomic E-state index is 13.1. The molecule has 1 atom stereocenters. The Morgan fingerprint density at radius 3 is 1.73 bits per heavy atom. The standard InChI is InChI=1S/C9H12F6/c10-7(9(13,14)15)8(11,12)6-4-2-1-3-5-6/h6-7H,1-5H2. The molecule has 0 aliphatic heterocycles. The summed E-state index contributed by atoms with van der Waals surface area (Å²) in [5.74, 6) is -5.75. The molecule has 0 N–H and O–H groups in total. The van der Waals surface area contributed by atoms with Gasteiger partial charge in [0.1, 0.15) is 0 Å². The van der Waals surface area contributed by atoms with Gasteiger partial charge in [-0.3, -0.25) is 0 Å². The van der Waals surface area contributed by atoms with E-state index >= 15 is 0 Å². The Hall–Kier alpha value is -0.420. The second kappa shape index (κ2) is 4.22. The summed E-state index contributed by atoms with van der Waals surface area (Å²) in [6.07, 6.45) is -7.92. The molecule has 0 amide bonds. The molecule has 0 bridgehead atoms. The average molecular weight is 234 g/mol. The third-order valence-corrected chi connectivity index (χ3v) is 2.77. The van der Waals surface area contributed by atoms with Crippen LogP contribution in [0.1, 0.15) is 32.1 Å². The van der Waals surface area contributed by atoms with E-state index in [0.29, 0.717) is 12.8 Å². The van der Waals surface area contributed by atoms with Crippen molar-refractivity contribution in [3.8, 4) is 0 Å². The summed E-state index contributed by atoms with van der Waals surface area (Å²) in [7, 11) is 0. The summed E-state index contributed by atoms with van der Waals surface area (Å²) in [6, 6.07) is 0. The number of hydrogen-bond acceptors (Lipinski definition) is 0. The normalized spacial score (nSPS) is 22.8. The zero-order valence-corrected chi connectivity index (χ0v) is 7.96.